The van der Waals surface area contributed by atoms with Gasteiger partial charge in [-0.15, -0.1) is 0 Å². The van der Waals surface area contributed by atoms with Crippen molar-refractivity contribution in [1.82, 2.24) is 10.6 Å². The molecule has 0 fully saturated rings. The molecule has 1 aromatic carbocycles. The number of halogens is 1. The second-order valence-electron chi connectivity index (χ2n) is 4.73. The van der Waals surface area contributed by atoms with Crippen molar-refractivity contribution in [3.05, 3.63) is 46.1 Å². The van der Waals surface area contributed by atoms with Crippen LogP contribution in [0.2, 0.25) is 5.02 Å². The predicted molar refractivity (Wildman–Crippen MR) is 79.8 cm³/mol. The zero-order valence-corrected chi connectivity index (χ0v) is 12.7. The van der Waals surface area contributed by atoms with E-state index in [-0.39, 0.29) is 6.03 Å². The lowest BCUT2D eigenvalue weighted by Gasteiger charge is -2.28. The average Bonchev–Trinajstić information content (AvgIpc) is 2.44. The minimum atomic E-state index is -0.614. The molecule has 0 aliphatic carbocycles. The van der Waals surface area contributed by atoms with Crippen molar-refractivity contribution in [1.29, 1.82) is 0 Å². The van der Waals surface area contributed by atoms with Crippen LogP contribution >= 0.6 is 11.6 Å². The molecule has 0 spiro atoms. The molecule has 2 amide bonds. The van der Waals surface area contributed by atoms with Gasteiger partial charge in [0.15, 0.2) is 0 Å². The highest BCUT2D eigenvalue weighted by Crippen LogP contribution is 2.31. The van der Waals surface area contributed by atoms with Crippen LogP contribution in [-0.2, 0) is 9.53 Å². The van der Waals surface area contributed by atoms with E-state index in [0.717, 1.165) is 6.42 Å². The summed E-state index contributed by atoms with van der Waals surface area (Å²) in [5.41, 5.74) is 1.51. The van der Waals surface area contributed by atoms with Crippen LogP contribution in [0.5, 0.6) is 0 Å². The van der Waals surface area contributed by atoms with Gasteiger partial charge in [-0.2, -0.15) is 0 Å². The molecular formula is C15H17ClN2O3. The summed E-state index contributed by atoms with van der Waals surface area (Å²) in [5.74, 6) is -0.452. The van der Waals surface area contributed by atoms with Gasteiger partial charge in [-0.1, -0.05) is 36.7 Å². The lowest BCUT2D eigenvalue weighted by molar-refractivity contribution is -0.139. The van der Waals surface area contributed by atoms with Crippen LogP contribution in [0.3, 0.4) is 0 Å². The SMILES string of the molecule is CCCOC(=O)C1=C(C)NC(=O)N[C@H]1c1ccccc1Cl. The highest BCUT2D eigenvalue weighted by atomic mass is 35.5. The van der Waals surface area contributed by atoms with Crippen molar-refractivity contribution in [2.45, 2.75) is 26.3 Å². The maximum absolute atomic E-state index is 12.3. The Morgan fingerprint density at radius 3 is 2.76 bits per heavy atom. The van der Waals surface area contributed by atoms with Gasteiger partial charge in [-0.05, 0) is 25.0 Å². The molecular weight excluding hydrogens is 292 g/mol. The van der Waals surface area contributed by atoms with Crippen LogP contribution in [0.15, 0.2) is 35.5 Å². The van der Waals surface area contributed by atoms with Gasteiger partial charge in [0.05, 0.1) is 18.2 Å². The molecule has 1 aromatic rings. The summed E-state index contributed by atoms with van der Waals surface area (Å²) < 4.78 is 5.20. The van der Waals surface area contributed by atoms with E-state index in [1.54, 1.807) is 31.2 Å². The molecule has 1 aliphatic heterocycles. The molecule has 5 nitrogen and oxygen atoms in total. The Balaban J connectivity index is 2.41. The smallest absolute Gasteiger partial charge is 0.338 e. The molecule has 2 N–H and O–H groups in total. The number of hydrogen-bond acceptors (Lipinski definition) is 3. The second-order valence-corrected chi connectivity index (χ2v) is 5.13. The number of esters is 1. The number of carbonyl (C=O) groups is 2. The van der Waals surface area contributed by atoms with Gasteiger partial charge in [0.1, 0.15) is 0 Å². The summed E-state index contributed by atoms with van der Waals surface area (Å²) in [6, 6.07) is 6.11. The number of ether oxygens (including phenoxy) is 1. The van der Waals surface area contributed by atoms with Crippen molar-refractivity contribution < 1.29 is 14.3 Å². The van der Waals surface area contributed by atoms with Crippen LogP contribution in [-0.4, -0.2) is 18.6 Å². The maximum Gasteiger partial charge on any atom is 0.338 e. The van der Waals surface area contributed by atoms with Gasteiger partial charge < -0.3 is 15.4 Å². The quantitative estimate of drug-likeness (QED) is 0.840. The van der Waals surface area contributed by atoms with Crippen molar-refractivity contribution in [3.63, 3.8) is 0 Å². The Morgan fingerprint density at radius 1 is 1.38 bits per heavy atom. The molecule has 2 rings (SSSR count). The highest BCUT2D eigenvalue weighted by Gasteiger charge is 2.33. The molecule has 0 saturated carbocycles. The zero-order valence-electron chi connectivity index (χ0n) is 11.9. The molecule has 6 heteroatoms. The summed E-state index contributed by atoms with van der Waals surface area (Å²) in [6.07, 6.45) is 0.731. The van der Waals surface area contributed by atoms with E-state index in [0.29, 0.717) is 28.5 Å². The first-order chi connectivity index (χ1) is 10.0. The summed E-state index contributed by atoms with van der Waals surface area (Å²) in [5, 5.41) is 5.79. The fraction of sp³-hybridized carbons (Fsp3) is 0.333. The van der Waals surface area contributed by atoms with E-state index in [2.05, 4.69) is 10.6 Å². The van der Waals surface area contributed by atoms with E-state index in [1.807, 2.05) is 6.92 Å². The molecule has 21 heavy (non-hydrogen) atoms. The summed E-state index contributed by atoms with van der Waals surface area (Å²) >= 11 is 6.18. The Hall–Kier alpha value is -2.01. The number of allylic oxidation sites excluding steroid dienone is 1. The van der Waals surface area contributed by atoms with Crippen LogP contribution < -0.4 is 10.6 Å². The number of carbonyl (C=O) groups excluding carboxylic acids is 2. The number of benzene rings is 1. The number of rotatable bonds is 4. The minimum Gasteiger partial charge on any atom is -0.462 e. The molecule has 112 valence electrons. The van der Waals surface area contributed by atoms with Crippen LogP contribution in [0.25, 0.3) is 0 Å². The number of urea groups is 1. The third kappa shape index (κ3) is 3.36. The highest BCUT2D eigenvalue weighted by molar-refractivity contribution is 6.31. The topological polar surface area (TPSA) is 67.4 Å². The van der Waals surface area contributed by atoms with Crippen molar-refractivity contribution in [3.8, 4) is 0 Å². The summed E-state index contributed by atoms with van der Waals surface area (Å²) in [7, 11) is 0. The molecule has 1 heterocycles. The fourth-order valence-electron chi connectivity index (χ4n) is 2.18. The Bertz CT molecular complexity index is 598. The van der Waals surface area contributed by atoms with Gasteiger partial charge in [0, 0.05) is 10.7 Å². The van der Waals surface area contributed by atoms with Crippen molar-refractivity contribution in [2.24, 2.45) is 0 Å². The molecule has 0 aromatic heterocycles. The van der Waals surface area contributed by atoms with Crippen molar-refractivity contribution in [2.75, 3.05) is 6.61 Å². The largest absolute Gasteiger partial charge is 0.462 e. The molecule has 0 saturated heterocycles. The van der Waals surface area contributed by atoms with E-state index in [1.165, 1.54) is 0 Å². The minimum absolute atomic E-state index is 0.332. The first kappa shape index (κ1) is 15.4. The van der Waals surface area contributed by atoms with E-state index < -0.39 is 12.0 Å². The molecule has 0 bridgehead atoms. The van der Waals surface area contributed by atoms with Crippen LogP contribution in [0.4, 0.5) is 4.79 Å². The number of nitrogens with one attached hydrogen (secondary N) is 2. The Kier molecular flexibility index (Phi) is 4.85. The fourth-order valence-corrected chi connectivity index (χ4v) is 2.42. The summed E-state index contributed by atoms with van der Waals surface area (Å²) in [6.45, 7) is 3.92. The van der Waals surface area contributed by atoms with Crippen molar-refractivity contribution >= 4 is 23.6 Å². The first-order valence-corrected chi connectivity index (χ1v) is 7.12. The van der Waals surface area contributed by atoms with Gasteiger partial charge >= 0.3 is 12.0 Å². The van der Waals surface area contributed by atoms with Crippen LogP contribution in [0, 0.1) is 0 Å². The van der Waals surface area contributed by atoms with Gasteiger partial charge in [0.2, 0.25) is 0 Å². The third-order valence-corrected chi connectivity index (χ3v) is 3.49. The standard InChI is InChI=1S/C15H17ClN2O3/c1-3-8-21-14(19)12-9(2)17-15(20)18-13(12)10-6-4-5-7-11(10)16/h4-7,13H,3,8H2,1-2H3,(H2,17,18,20)/t13-/m0/s1. The molecule has 0 unspecified atom stereocenters. The normalized spacial score (nSPS) is 18.0. The van der Waals surface area contributed by atoms with Gasteiger partial charge in [-0.25, -0.2) is 9.59 Å². The lowest BCUT2D eigenvalue weighted by Crippen LogP contribution is -2.45. The third-order valence-electron chi connectivity index (χ3n) is 3.14. The van der Waals surface area contributed by atoms with E-state index in [4.69, 9.17) is 16.3 Å². The second kappa shape index (κ2) is 6.63. The molecule has 1 aliphatic rings. The van der Waals surface area contributed by atoms with Gasteiger partial charge in [-0.3, -0.25) is 0 Å². The molecule has 0 radical (unpaired) electrons. The first-order valence-electron chi connectivity index (χ1n) is 6.74. The lowest BCUT2D eigenvalue weighted by atomic mass is 9.95. The zero-order chi connectivity index (χ0) is 15.4. The van der Waals surface area contributed by atoms with Crippen LogP contribution in [0.1, 0.15) is 31.9 Å². The number of hydrogen-bond donors (Lipinski definition) is 2. The predicted octanol–water partition coefficient (Wildman–Crippen LogP) is 2.92. The number of amides is 2. The van der Waals surface area contributed by atoms with E-state index >= 15 is 0 Å². The van der Waals surface area contributed by atoms with Gasteiger partial charge in [0.25, 0.3) is 0 Å². The maximum atomic E-state index is 12.3. The Morgan fingerprint density at radius 2 is 2.10 bits per heavy atom. The monoisotopic (exact) mass is 308 g/mol. The summed E-state index contributed by atoms with van der Waals surface area (Å²) in [4.78, 5) is 24.0. The average molecular weight is 309 g/mol. The molecule has 1 atom stereocenters. The van der Waals surface area contributed by atoms with E-state index in [9.17, 15) is 9.59 Å². The Labute approximate surface area is 128 Å².